The molecule has 1 aromatic rings. The molecule has 2 heterocycles. The predicted molar refractivity (Wildman–Crippen MR) is 82.2 cm³/mol. The Balaban J connectivity index is 2.16. The maximum absolute atomic E-state index is 4.59. The lowest BCUT2D eigenvalue weighted by Crippen LogP contribution is -2.54. The first kappa shape index (κ1) is 15.0. The third-order valence-corrected chi connectivity index (χ3v) is 4.97. The second kappa shape index (κ2) is 6.37. The summed E-state index contributed by atoms with van der Waals surface area (Å²) in [5.74, 6) is 0. The lowest BCUT2D eigenvalue weighted by Gasteiger charge is -2.39. The smallest absolute Gasteiger partial charge is 0.0767 e. The number of halogens is 1. The van der Waals surface area contributed by atoms with E-state index in [0.717, 1.165) is 31.7 Å². The van der Waals surface area contributed by atoms with E-state index in [9.17, 15) is 0 Å². The maximum atomic E-state index is 4.59. The number of hydrogen-bond acceptors (Lipinski definition) is 3. The van der Waals surface area contributed by atoms with Crippen LogP contribution >= 0.6 is 15.9 Å². The van der Waals surface area contributed by atoms with Crippen LogP contribution in [0.2, 0.25) is 0 Å². The van der Waals surface area contributed by atoms with Crippen molar-refractivity contribution in [2.45, 2.75) is 52.2 Å². The van der Waals surface area contributed by atoms with Crippen LogP contribution in [0.15, 0.2) is 4.47 Å². The Morgan fingerprint density at radius 3 is 2.74 bits per heavy atom. The SMILES string of the molecule is CCc1nn(C)c(CN2CC(C)NCC2CC)c1Br. The standard InChI is InChI=1S/C14H25BrN4/c1-5-11-7-16-10(3)8-19(11)9-13-14(15)12(6-2)17-18(13)4/h10-11,16H,5-9H2,1-4H3. The van der Waals surface area contributed by atoms with E-state index in [0.29, 0.717) is 12.1 Å². The molecular weight excluding hydrogens is 304 g/mol. The van der Waals surface area contributed by atoms with Crippen LogP contribution in [0.25, 0.3) is 0 Å². The third-order valence-electron chi connectivity index (χ3n) is 4.05. The molecule has 2 atom stereocenters. The Morgan fingerprint density at radius 1 is 1.42 bits per heavy atom. The summed E-state index contributed by atoms with van der Waals surface area (Å²) in [5.41, 5.74) is 2.46. The van der Waals surface area contributed by atoms with Gasteiger partial charge in [0.1, 0.15) is 0 Å². The molecule has 5 heteroatoms. The molecule has 0 bridgehead atoms. The van der Waals surface area contributed by atoms with Gasteiger partial charge in [-0.25, -0.2) is 0 Å². The Labute approximate surface area is 124 Å². The normalized spacial score (nSPS) is 24.9. The first-order valence-electron chi connectivity index (χ1n) is 7.24. The zero-order valence-corrected chi connectivity index (χ0v) is 14.0. The zero-order chi connectivity index (χ0) is 14.0. The number of aryl methyl sites for hydroxylation is 2. The van der Waals surface area contributed by atoms with Gasteiger partial charge in [0, 0.05) is 38.8 Å². The number of nitrogens with zero attached hydrogens (tertiary/aromatic N) is 3. The minimum atomic E-state index is 0.570. The lowest BCUT2D eigenvalue weighted by atomic mass is 10.1. The Hall–Kier alpha value is -0.390. The molecule has 1 saturated heterocycles. The van der Waals surface area contributed by atoms with Crippen LogP contribution in [0.5, 0.6) is 0 Å². The third kappa shape index (κ3) is 3.20. The molecule has 19 heavy (non-hydrogen) atoms. The second-order valence-corrected chi connectivity index (χ2v) is 6.28. The van der Waals surface area contributed by atoms with Crippen LogP contribution in [-0.2, 0) is 20.0 Å². The summed E-state index contributed by atoms with van der Waals surface area (Å²) in [6, 6.07) is 1.20. The first-order chi connectivity index (χ1) is 9.06. The van der Waals surface area contributed by atoms with Gasteiger partial charge in [0.25, 0.3) is 0 Å². The summed E-state index contributed by atoms with van der Waals surface area (Å²) in [5, 5.41) is 8.16. The molecule has 1 fully saturated rings. The summed E-state index contributed by atoms with van der Waals surface area (Å²) >= 11 is 3.72. The van der Waals surface area contributed by atoms with Gasteiger partial charge >= 0.3 is 0 Å². The van der Waals surface area contributed by atoms with Crippen molar-refractivity contribution in [3.63, 3.8) is 0 Å². The molecule has 1 aliphatic heterocycles. The molecule has 108 valence electrons. The molecular formula is C14H25BrN4. The predicted octanol–water partition coefficient (Wildman–Crippen LogP) is 2.32. The minimum absolute atomic E-state index is 0.570. The van der Waals surface area contributed by atoms with Crippen LogP contribution in [0.4, 0.5) is 0 Å². The van der Waals surface area contributed by atoms with Crippen LogP contribution < -0.4 is 5.32 Å². The van der Waals surface area contributed by atoms with Gasteiger partial charge in [-0.1, -0.05) is 13.8 Å². The van der Waals surface area contributed by atoms with Crippen LogP contribution in [0.1, 0.15) is 38.6 Å². The van der Waals surface area contributed by atoms with Gasteiger partial charge in [-0.15, -0.1) is 0 Å². The molecule has 0 aliphatic carbocycles. The van der Waals surface area contributed by atoms with Crippen molar-refractivity contribution in [2.24, 2.45) is 7.05 Å². The Kier molecular flexibility index (Phi) is 5.03. The maximum Gasteiger partial charge on any atom is 0.0767 e. The zero-order valence-electron chi connectivity index (χ0n) is 12.4. The quantitative estimate of drug-likeness (QED) is 0.920. The molecule has 0 aromatic carbocycles. The molecule has 0 spiro atoms. The van der Waals surface area contributed by atoms with Crippen molar-refractivity contribution < 1.29 is 0 Å². The number of rotatable bonds is 4. The summed E-state index contributed by atoms with van der Waals surface area (Å²) in [6.45, 7) is 9.86. The molecule has 1 N–H and O–H groups in total. The minimum Gasteiger partial charge on any atom is -0.311 e. The van der Waals surface area contributed by atoms with Crippen molar-refractivity contribution >= 4 is 15.9 Å². The van der Waals surface area contributed by atoms with Gasteiger partial charge < -0.3 is 5.32 Å². The Bertz CT molecular complexity index is 429. The van der Waals surface area contributed by atoms with Crippen molar-refractivity contribution in [3.05, 3.63) is 15.9 Å². The highest BCUT2D eigenvalue weighted by molar-refractivity contribution is 9.10. The van der Waals surface area contributed by atoms with E-state index < -0.39 is 0 Å². The van der Waals surface area contributed by atoms with E-state index in [2.05, 4.69) is 52.0 Å². The fourth-order valence-electron chi connectivity index (χ4n) is 2.81. The van der Waals surface area contributed by atoms with Crippen LogP contribution in [0.3, 0.4) is 0 Å². The highest BCUT2D eigenvalue weighted by Crippen LogP contribution is 2.24. The fraction of sp³-hybridized carbons (Fsp3) is 0.786. The van der Waals surface area contributed by atoms with E-state index in [-0.39, 0.29) is 0 Å². The first-order valence-corrected chi connectivity index (χ1v) is 8.03. The highest BCUT2D eigenvalue weighted by Gasteiger charge is 2.26. The topological polar surface area (TPSA) is 33.1 Å². The summed E-state index contributed by atoms with van der Waals surface area (Å²) in [7, 11) is 2.05. The molecule has 1 aromatic heterocycles. The highest BCUT2D eigenvalue weighted by atomic mass is 79.9. The van der Waals surface area contributed by atoms with Gasteiger partial charge in [-0.2, -0.15) is 5.10 Å². The van der Waals surface area contributed by atoms with Gasteiger partial charge in [-0.3, -0.25) is 9.58 Å². The number of nitrogens with one attached hydrogen (secondary N) is 1. The summed E-state index contributed by atoms with van der Waals surface area (Å²) < 4.78 is 3.22. The summed E-state index contributed by atoms with van der Waals surface area (Å²) in [6.07, 6.45) is 2.17. The Morgan fingerprint density at radius 2 is 2.16 bits per heavy atom. The van der Waals surface area contributed by atoms with Crippen molar-refractivity contribution in [1.29, 1.82) is 0 Å². The van der Waals surface area contributed by atoms with Crippen molar-refractivity contribution in [3.8, 4) is 0 Å². The van der Waals surface area contributed by atoms with Gasteiger partial charge in [-0.05, 0) is 35.7 Å². The monoisotopic (exact) mass is 328 g/mol. The van der Waals surface area contributed by atoms with Crippen molar-refractivity contribution in [2.75, 3.05) is 13.1 Å². The number of piperazine rings is 1. The molecule has 4 nitrogen and oxygen atoms in total. The average Bonchev–Trinajstić information content (AvgIpc) is 2.66. The number of aromatic nitrogens is 2. The molecule has 1 aliphatic rings. The molecule has 0 saturated carbocycles. The largest absolute Gasteiger partial charge is 0.311 e. The number of hydrogen-bond donors (Lipinski definition) is 1. The fourth-order valence-corrected chi connectivity index (χ4v) is 3.55. The van der Waals surface area contributed by atoms with Gasteiger partial charge in [0.15, 0.2) is 0 Å². The molecule has 0 amide bonds. The average molecular weight is 329 g/mol. The van der Waals surface area contributed by atoms with Gasteiger partial charge in [0.05, 0.1) is 15.9 Å². The lowest BCUT2D eigenvalue weighted by molar-refractivity contribution is 0.121. The van der Waals surface area contributed by atoms with E-state index in [1.54, 1.807) is 0 Å². The van der Waals surface area contributed by atoms with E-state index >= 15 is 0 Å². The van der Waals surface area contributed by atoms with Gasteiger partial charge in [0.2, 0.25) is 0 Å². The second-order valence-electron chi connectivity index (χ2n) is 5.49. The van der Waals surface area contributed by atoms with E-state index in [1.807, 2.05) is 11.7 Å². The molecule has 2 unspecified atom stereocenters. The van der Waals surface area contributed by atoms with Crippen LogP contribution in [-0.4, -0.2) is 39.9 Å². The van der Waals surface area contributed by atoms with E-state index in [1.165, 1.54) is 16.6 Å². The molecule has 0 radical (unpaired) electrons. The summed E-state index contributed by atoms with van der Waals surface area (Å²) in [4.78, 5) is 2.59. The van der Waals surface area contributed by atoms with Crippen LogP contribution in [0, 0.1) is 0 Å². The van der Waals surface area contributed by atoms with E-state index in [4.69, 9.17) is 0 Å². The molecule has 2 rings (SSSR count). The van der Waals surface area contributed by atoms with Crippen molar-refractivity contribution in [1.82, 2.24) is 20.0 Å².